The van der Waals surface area contributed by atoms with Crippen LogP contribution in [0.25, 0.3) is 0 Å². The van der Waals surface area contributed by atoms with Crippen molar-refractivity contribution in [3.63, 3.8) is 0 Å². The Balaban J connectivity index is 0.000000308. The van der Waals surface area contributed by atoms with Gasteiger partial charge in [0.25, 0.3) is 0 Å². The van der Waals surface area contributed by atoms with Crippen LogP contribution < -0.4 is 10.6 Å². The highest BCUT2D eigenvalue weighted by molar-refractivity contribution is 5.85. The SMILES string of the molecule is C1CCC(NC2CCCCC2)CC1.COC(=O)C[C@H](NC(=O)OC(C)(C)C)C(=O)O. The second-order valence-electron chi connectivity index (χ2n) is 9.15. The number of carboxylic acids is 1. The number of methoxy groups -OCH3 is 1. The van der Waals surface area contributed by atoms with Crippen molar-refractivity contribution in [3.05, 3.63) is 0 Å². The first-order valence-electron chi connectivity index (χ1n) is 11.2. The largest absolute Gasteiger partial charge is 0.480 e. The van der Waals surface area contributed by atoms with Crippen LogP contribution in [0.1, 0.15) is 91.4 Å². The molecule has 2 aliphatic carbocycles. The minimum atomic E-state index is -1.36. The maximum absolute atomic E-state index is 11.3. The van der Waals surface area contributed by atoms with E-state index in [0.717, 1.165) is 19.2 Å². The van der Waals surface area contributed by atoms with Gasteiger partial charge in [-0.3, -0.25) is 4.79 Å². The molecule has 0 aliphatic heterocycles. The zero-order valence-corrected chi connectivity index (χ0v) is 19.0. The fourth-order valence-electron chi connectivity index (χ4n) is 3.77. The van der Waals surface area contributed by atoms with E-state index >= 15 is 0 Å². The van der Waals surface area contributed by atoms with E-state index in [-0.39, 0.29) is 0 Å². The van der Waals surface area contributed by atoms with Crippen LogP contribution in [0.2, 0.25) is 0 Å². The van der Waals surface area contributed by atoms with Gasteiger partial charge in [-0.25, -0.2) is 9.59 Å². The third-order valence-electron chi connectivity index (χ3n) is 5.27. The zero-order chi connectivity index (χ0) is 22.6. The van der Waals surface area contributed by atoms with Gasteiger partial charge in [0.05, 0.1) is 13.5 Å². The lowest BCUT2D eigenvalue weighted by molar-refractivity contribution is -0.147. The zero-order valence-electron chi connectivity index (χ0n) is 19.0. The van der Waals surface area contributed by atoms with E-state index in [1.165, 1.54) is 64.2 Å². The number of esters is 1. The summed E-state index contributed by atoms with van der Waals surface area (Å²) in [4.78, 5) is 33.0. The highest BCUT2D eigenvalue weighted by Crippen LogP contribution is 2.22. The van der Waals surface area contributed by atoms with E-state index in [2.05, 4.69) is 15.4 Å². The number of ether oxygens (including phenoxy) is 2. The van der Waals surface area contributed by atoms with E-state index in [9.17, 15) is 14.4 Å². The Hall–Kier alpha value is -1.83. The Kier molecular flexibility index (Phi) is 11.8. The van der Waals surface area contributed by atoms with Crippen LogP contribution >= 0.6 is 0 Å². The van der Waals surface area contributed by atoms with Crippen molar-refractivity contribution >= 4 is 18.0 Å². The summed E-state index contributed by atoms with van der Waals surface area (Å²) in [6.07, 6.45) is 13.2. The Morgan fingerprint density at radius 3 is 1.77 bits per heavy atom. The van der Waals surface area contributed by atoms with Gasteiger partial charge in [0.15, 0.2) is 0 Å². The average molecular weight is 429 g/mol. The molecule has 0 aromatic rings. The summed E-state index contributed by atoms with van der Waals surface area (Å²) >= 11 is 0. The lowest BCUT2D eigenvalue weighted by Crippen LogP contribution is -2.44. The Morgan fingerprint density at radius 2 is 1.40 bits per heavy atom. The summed E-state index contributed by atoms with van der Waals surface area (Å²) in [7, 11) is 1.13. The van der Waals surface area contributed by atoms with Gasteiger partial charge in [-0.1, -0.05) is 38.5 Å². The Labute approximate surface area is 180 Å². The number of hydrogen-bond acceptors (Lipinski definition) is 6. The number of rotatable bonds is 6. The van der Waals surface area contributed by atoms with Crippen molar-refractivity contribution < 1.29 is 29.0 Å². The van der Waals surface area contributed by atoms with Gasteiger partial charge in [0.1, 0.15) is 11.6 Å². The molecule has 2 fully saturated rings. The van der Waals surface area contributed by atoms with Crippen molar-refractivity contribution in [2.75, 3.05) is 7.11 Å². The number of nitrogens with one attached hydrogen (secondary N) is 2. The van der Waals surface area contributed by atoms with Gasteiger partial charge in [-0.05, 0) is 46.5 Å². The molecule has 1 atom stereocenters. The third kappa shape index (κ3) is 12.0. The van der Waals surface area contributed by atoms with Gasteiger partial charge < -0.3 is 25.2 Å². The first-order chi connectivity index (χ1) is 14.1. The molecule has 0 radical (unpaired) electrons. The predicted octanol–water partition coefficient (Wildman–Crippen LogP) is 3.77. The first kappa shape index (κ1) is 26.2. The van der Waals surface area contributed by atoms with Gasteiger partial charge in [0, 0.05) is 12.1 Å². The fraction of sp³-hybridized carbons (Fsp3) is 0.864. The lowest BCUT2D eigenvalue weighted by Gasteiger charge is -2.30. The summed E-state index contributed by atoms with van der Waals surface area (Å²) in [5.74, 6) is -2.06. The molecule has 0 unspecified atom stereocenters. The number of amides is 1. The molecule has 1 amide bonds. The molecular formula is C22H40N2O6. The van der Waals surface area contributed by atoms with Gasteiger partial charge in [-0.2, -0.15) is 0 Å². The maximum Gasteiger partial charge on any atom is 0.408 e. The molecular weight excluding hydrogens is 388 g/mol. The molecule has 2 rings (SSSR count). The smallest absolute Gasteiger partial charge is 0.408 e. The van der Waals surface area contributed by atoms with Crippen LogP contribution in [-0.2, 0) is 19.1 Å². The number of carbonyl (C=O) groups excluding carboxylic acids is 2. The molecule has 0 saturated heterocycles. The Bertz CT molecular complexity index is 518. The minimum Gasteiger partial charge on any atom is -0.480 e. The fourth-order valence-corrected chi connectivity index (χ4v) is 3.77. The number of aliphatic carboxylic acids is 1. The predicted molar refractivity (Wildman–Crippen MR) is 114 cm³/mol. The van der Waals surface area contributed by atoms with Gasteiger partial charge in [0.2, 0.25) is 0 Å². The summed E-state index contributed by atoms with van der Waals surface area (Å²) in [5.41, 5.74) is -0.738. The molecule has 0 spiro atoms. The molecule has 8 heteroatoms. The van der Waals surface area contributed by atoms with Crippen LogP contribution in [0, 0.1) is 0 Å². The summed E-state index contributed by atoms with van der Waals surface area (Å²) in [5, 5.41) is 14.7. The van der Waals surface area contributed by atoms with Crippen molar-refractivity contribution in [3.8, 4) is 0 Å². The van der Waals surface area contributed by atoms with Gasteiger partial charge in [-0.15, -0.1) is 0 Å². The number of hydrogen-bond donors (Lipinski definition) is 3. The molecule has 0 bridgehead atoms. The molecule has 8 nitrogen and oxygen atoms in total. The van der Waals surface area contributed by atoms with E-state index < -0.39 is 36.1 Å². The van der Waals surface area contributed by atoms with Crippen LogP contribution in [0.15, 0.2) is 0 Å². The van der Waals surface area contributed by atoms with Crippen molar-refractivity contribution in [2.24, 2.45) is 0 Å². The van der Waals surface area contributed by atoms with Crippen LogP contribution in [0.3, 0.4) is 0 Å². The third-order valence-corrected chi connectivity index (χ3v) is 5.27. The molecule has 2 aliphatic rings. The second kappa shape index (κ2) is 13.5. The van der Waals surface area contributed by atoms with Crippen molar-refractivity contribution in [1.29, 1.82) is 0 Å². The Morgan fingerprint density at radius 1 is 0.933 bits per heavy atom. The number of carbonyl (C=O) groups is 3. The number of carboxylic acid groups (broad SMARTS) is 1. The molecule has 3 N–H and O–H groups in total. The first-order valence-corrected chi connectivity index (χ1v) is 11.2. The van der Waals surface area contributed by atoms with Crippen molar-refractivity contribution in [1.82, 2.24) is 10.6 Å². The average Bonchev–Trinajstić information content (AvgIpc) is 2.68. The second-order valence-corrected chi connectivity index (χ2v) is 9.15. The minimum absolute atomic E-state index is 0.453. The summed E-state index contributed by atoms with van der Waals surface area (Å²) in [6.45, 7) is 4.92. The molecule has 0 aromatic heterocycles. The monoisotopic (exact) mass is 428 g/mol. The van der Waals surface area contributed by atoms with Crippen LogP contribution in [0.5, 0.6) is 0 Å². The molecule has 30 heavy (non-hydrogen) atoms. The number of alkyl carbamates (subject to hydrolysis) is 1. The summed E-state index contributed by atoms with van der Waals surface area (Å²) < 4.78 is 9.19. The highest BCUT2D eigenvalue weighted by atomic mass is 16.6. The molecule has 174 valence electrons. The van der Waals surface area contributed by atoms with Crippen LogP contribution in [0.4, 0.5) is 4.79 Å². The van der Waals surface area contributed by atoms with Gasteiger partial charge >= 0.3 is 18.0 Å². The lowest BCUT2D eigenvalue weighted by atomic mass is 9.91. The molecule has 0 aromatic carbocycles. The van der Waals surface area contributed by atoms with E-state index in [1.807, 2.05) is 0 Å². The molecule has 0 heterocycles. The normalized spacial score (nSPS) is 19.1. The quantitative estimate of drug-likeness (QED) is 0.552. The summed E-state index contributed by atoms with van der Waals surface area (Å²) in [6, 6.07) is 0.381. The van der Waals surface area contributed by atoms with Crippen molar-refractivity contribution in [2.45, 2.75) is 115 Å². The van der Waals surface area contributed by atoms with E-state index in [4.69, 9.17) is 9.84 Å². The standard InChI is InChI=1S/C12H23N.C10H17NO6/c1-3-7-11(8-4-1)13-12-9-5-2-6-10-12;1-10(2,3)17-9(15)11-6(8(13)14)5-7(12)16-4/h11-13H,1-10H2;6H,5H2,1-4H3,(H,11,15)(H,13,14)/t;6-/m.0/s1. The van der Waals surface area contributed by atoms with E-state index in [1.54, 1.807) is 20.8 Å². The van der Waals surface area contributed by atoms with Crippen LogP contribution in [-0.4, -0.2) is 54.0 Å². The van der Waals surface area contributed by atoms with E-state index in [0.29, 0.717) is 0 Å². The maximum atomic E-state index is 11.3. The highest BCUT2D eigenvalue weighted by Gasteiger charge is 2.26. The molecule has 2 saturated carbocycles. The topological polar surface area (TPSA) is 114 Å².